The number of carbonyl (C=O) groups excluding carboxylic acids is 2. The van der Waals surface area contributed by atoms with Crippen molar-refractivity contribution in [1.82, 2.24) is 10.7 Å². The lowest BCUT2D eigenvalue weighted by Gasteiger charge is -2.27. The van der Waals surface area contributed by atoms with E-state index in [9.17, 15) is 9.59 Å². The van der Waals surface area contributed by atoms with Crippen LogP contribution < -0.4 is 15.8 Å². The van der Waals surface area contributed by atoms with Gasteiger partial charge in [0, 0.05) is 0 Å². The maximum Gasteiger partial charge on any atom is 0.408 e. The number of benzene rings is 3. The van der Waals surface area contributed by atoms with Gasteiger partial charge in [0.15, 0.2) is 0 Å². The zero-order valence-corrected chi connectivity index (χ0v) is 16.1. The molecule has 0 aliphatic carbocycles. The van der Waals surface area contributed by atoms with Crippen LogP contribution in [0.5, 0.6) is 0 Å². The summed E-state index contributed by atoms with van der Waals surface area (Å²) in [5.41, 5.74) is 5.32. The first-order valence-electron chi connectivity index (χ1n) is 9.31. The third-order valence-corrected chi connectivity index (χ3v) is 4.19. The first kappa shape index (κ1) is 19.9. The molecule has 0 radical (unpaired) electrons. The van der Waals surface area contributed by atoms with Crippen LogP contribution in [0.3, 0.4) is 0 Å². The van der Waals surface area contributed by atoms with Gasteiger partial charge in [-0.2, -0.15) is 0 Å². The first-order chi connectivity index (χ1) is 14.1. The molecule has 0 aliphatic rings. The maximum absolute atomic E-state index is 12.7. The zero-order valence-electron chi connectivity index (χ0n) is 16.1. The Hall–Kier alpha value is -3.80. The van der Waals surface area contributed by atoms with Crippen molar-refractivity contribution in [2.75, 3.05) is 5.01 Å². The van der Waals surface area contributed by atoms with Gasteiger partial charge >= 0.3 is 6.09 Å². The van der Waals surface area contributed by atoms with Crippen molar-refractivity contribution in [1.29, 1.82) is 0 Å². The van der Waals surface area contributed by atoms with Crippen molar-refractivity contribution in [2.45, 2.75) is 19.6 Å². The molecule has 0 aliphatic heterocycles. The Kier molecular flexibility index (Phi) is 6.84. The number of amides is 2. The van der Waals surface area contributed by atoms with Crippen LogP contribution >= 0.6 is 0 Å². The lowest BCUT2D eigenvalue weighted by molar-refractivity contribution is -0.122. The molecule has 6 heteroatoms. The summed E-state index contributed by atoms with van der Waals surface area (Å²) >= 11 is 0. The van der Waals surface area contributed by atoms with Crippen LogP contribution in [0.4, 0.5) is 16.2 Å². The SMILES string of the molecule is C[C@H](NC(=O)OCc1ccccc1)C(=O)NN(c1ccccc1)c1ccccc1. The number of hydrogen-bond acceptors (Lipinski definition) is 4. The predicted octanol–water partition coefficient (Wildman–Crippen LogP) is 4.17. The van der Waals surface area contributed by atoms with E-state index in [1.54, 1.807) is 11.9 Å². The van der Waals surface area contributed by atoms with Gasteiger partial charge in [-0.3, -0.25) is 15.2 Å². The fraction of sp³-hybridized carbons (Fsp3) is 0.130. The summed E-state index contributed by atoms with van der Waals surface area (Å²) in [5, 5.41) is 4.23. The van der Waals surface area contributed by atoms with Gasteiger partial charge in [-0.05, 0) is 36.8 Å². The molecule has 6 nitrogen and oxygen atoms in total. The van der Waals surface area contributed by atoms with E-state index in [2.05, 4.69) is 10.7 Å². The van der Waals surface area contributed by atoms with Gasteiger partial charge in [-0.1, -0.05) is 66.7 Å². The van der Waals surface area contributed by atoms with Gasteiger partial charge in [-0.25, -0.2) is 4.79 Å². The normalized spacial score (nSPS) is 11.2. The molecule has 29 heavy (non-hydrogen) atoms. The van der Waals surface area contributed by atoms with Crippen molar-refractivity contribution < 1.29 is 14.3 Å². The van der Waals surface area contributed by atoms with Crippen LogP contribution in [0.25, 0.3) is 0 Å². The van der Waals surface area contributed by atoms with Crippen LogP contribution in [0.1, 0.15) is 12.5 Å². The Morgan fingerprint density at radius 1 is 0.828 bits per heavy atom. The van der Waals surface area contributed by atoms with Crippen LogP contribution in [0, 0.1) is 0 Å². The molecular weight excluding hydrogens is 366 g/mol. The smallest absolute Gasteiger partial charge is 0.408 e. The highest BCUT2D eigenvalue weighted by atomic mass is 16.5. The topological polar surface area (TPSA) is 70.7 Å². The Labute approximate surface area is 170 Å². The lowest BCUT2D eigenvalue weighted by atomic mass is 10.2. The summed E-state index contributed by atoms with van der Waals surface area (Å²) in [6.45, 7) is 1.74. The molecule has 0 bridgehead atoms. The Balaban J connectivity index is 1.61. The summed E-state index contributed by atoms with van der Waals surface area (Å²) in [6.07, 6.45) is -0.650. The lowest BCUT2D eigenvalue weighted by Crippen LogP contribution is -2.50. The van der Waals surface area contributed by atoms with Gasteiger partial charge in [0.25, 0.3) is 5.91 Å². The molecule has 0 spiro atoms. The average molecular weight is 389 g/mol. The quantitative estimate of drug-likeness (QED) is 0.595. The first-order valence-corrected chi connectivity index (χ1v) is 9.31. The molecule has 1 atom stereocenters. The molecule has 2 N–H and O–H groups in total. The number of hydrogen-bond donors (Lipinski definition) is 2. The monoisotopic (exact) mass is 389 g/mol. The summed E-state index contributed by atoms with van der Waals surface area (Å²) < 4.78 is 5.18. The average Bonchev–Trinajstić information content (AvgIpc) is 2.77. The maximum atomic E-state index is 12.7. The van der Waals surface area contributed by atoms with Crippen LogP contribution in [0.2, 0.25) is 0 Å². The van der Waals surface area contributed by atoms with E-state index in [4.69, 9.17) is 4.74 Å². The van der Waals surface area contributed by atoms with E-state index in [0.717, 1.165) is 16.9 Å². The molecule has 3 aromatic rings. The minimum absolute atomic E-state index is 0.140. The van der Waals surface area contributed by atoms with E-state index in [-0.39, 0.29) is 12.5 Å². The van der Waals surface area contributed by atoms with Crippen LogP contribution in [0.15, 0.2) is 91.0 Å². The van der Waals surface area contributed by atoms with E-state index < -0.39 is 12.1 Å². The predicted molar refractivity (Wildman–Crippen MR) is 112 cm³/mol. The largest absolute Gasteiger partial charge is 0.445 e. The Bertz CT molecular complexity index is 878. The van der Waals surface area contributed by atoms with Crippen molar-refractivity contribution in [2.24, 2.45) is 0 Å². The number of alkyl carbamates (subject to hydrolysis) is 1. The molecule has 0 unspecified atom stereocenters. The Morgan fingerprint density at radius 2 is 1.31 bits per heavy atom. The fourth-order valence-corrected chi connectivity index (χ4v) is 2.65. The molecule has 0 fully saturated rings. The van der Waals surface area contributed by atoms with Gasteiger partial charge in [0.2, 0.25) is 0 Å². The van der Waals surface area contributed by atoms with E-state index in [1.165, 1.54) is 0 Å². The third kappa shape index (κ3) is 5.84. The Morgan fingerprint density at radius 3 is 1.83 bits per heavy atom. The molecular formula is C23H23N3O3. The second-order valence-corrected chi connectivity index (χ2v) is 6.41. The van der Waals surface area contributed by atoms with Crippen LogP contribution in [-0.4, -0.2) is 18.0 Å². The molecule has 0 heterocycles. The molecule has 3 rings (SSSR count). The zero-order chi connectivity index (χ0) is 20.5. The van der Waals surface area contributed by atoms with Gasteiger partial charge in [-0.15, -0.1) is 0 Å². The highest BCUT2D eigenvalue weighted by molar-refractivity contribution is 5.87. The van der Waals surface area contributed by atoms with Crippen LogP contribution in [-0.2, 0) is 16.1 Å². The molecule has 3 aromatic carbocycles. The number of hydrazine groups is 1. The fourth-order valence-electron chi connectivity index (χ4n) is 2.65. The summed E-state index contributed by atoms with van der Waals surface area (Å²) in [7, 11) is 0. The van der Waals surface area contributed by atoms with E-state index in [1.807, 2.05) is 91.0 Å². The van der Waals surface area contributed by atoms with Gasteiger partial charge in [0.1, 0.15) is 12.6 Å². The summed E-state index contributed by atoms with van der Waals surface area (Å²) in [6, 6.07) is 27.5. The minimum atomic E-state index is -0.784. The molecule has 0 aromatic heterocycles. The third-order valence-electron chi connectivity index (χ3n) is 4.19. The number of ether oxygens (including phenoxy) is 1. The number of nitrogens with one attached hydrogen (secondary N) is 2. The number of nitrogens with zero attached hydrogens (tertiary/aromatic N) is 1. The van der Waals surface area contributed by atoms with Crippen molar-refractivity contribution in [3.63, 3.8) is 0 Å². The van der Waals surface area contributed by atoms with Gasteiger partial charge in [0.05, 0.1) is 11.4 Å². The van der Waals surface area contributed by atoms with Gasteiger partial charge < -0.3 is 10.1 Å². The minimum Gasteiger partial charge on any atom is -0.445 e. The summed E-state index contributed by atoms with van der Waals surface area (Å²) in [4.78, 5) is 24.7. The number of para-hydroxylation sites is 2. The molecule has 2 amide bonds. The highest BCUT2D eigenvalue weighted by Gasteiger charge is 2.20. The molecule has 0 saturated heterocycles. The second-order valence-electron chi connectivity index (χ2n) is 6.41. The highest BCUT2D eigenvalue weighted by Crippen LogP contribution is 2.22. The standard InChI is InChI=1S/C23H23N3O3/c1-18(24-23(28)29-17-19-11-5-2-6-12-19)22(27)25-26(20-13-7-3-8-14-20)21-15-9-4-10-16-21/h2-16,18H,17H2,1H3,(H,24,28)(H,25,27)/t18-/m0/s1. The molecule has 0 saturated carbocycles. The molecule has 148 valence electrons. The van der Waals surface area contributed by atoms with E-state index in [0.29, 0.717) is 0 Å². The van der Waals surface area contributed by atoms with Crippen molar-refractivity contribution >= 4 is 23.4 Å². The summed E-state index contributed by atoms with van der Waals surface area (Å²) in [5.74, 6) is -0.366. The number of rotatable bonds is 7. The van der Waals surface area contributed by atoms with Crippen molar-refractivity contribution in [3.8, 4) is 0 Å². The second kappa shape index (κ2) is 9.94. The number of anilines is 2. The number of carbonyl (C=O) groups is 2. The van der Waals surface area contributed by atoms with E-state index >= 15 is 0 Å². The van der Waals surface area contributed by atoms with Crippen molar-refractivity contribution in [3.05, 3.63) is 96.6 Å².